The molecular formula is C22H30N4O2. The van der Waals surface area contributed by atoms with Gasteiger partial charge < -0.3 is 14.2 Å². The van der Waals surface area contributed by atoms with Gasteiger partial charge in [-0.2, -0.15) is 0 Å². The van der Waals surface area contributed by atoms with Gasteiger partial charge in [0, 0.05) is 25.4 Å². The number of para-hydroxylation sites is 2. The number of carbonyl (C=O) groups is 1. The monoisotopic (exact) mass is 382 g/mol. The SMILES string of the molecule is CC(C)[C@@H]1CO[C@@]23CCN(Cc4nc5ccccc5n4C(C)C)[C@@H]2CC(=O)N13. The first-order chi connectivity index (χ1) is 13.4. The van der Waals surface area contributed by atoms with Gasteiger partial charge in [0.1, 0.15) is 5.82 Å². The van der Waals surface area contributed by atoms with Crippen LogP contribution in [0.3, 0.4) is 0 Å². The van der Waals surface area contributed by atoms with Crippen molar-refractivity contribution in [2.75, 3.05) is 13.2 Å². The van der Waals surface area contributed by atoms with Crippen molar-refractivity contribution >= 4 is 16.9 Å². The predicted octanol–water partition coefficient (Wildman–Crippen LogP) is 3.17. The summed E-state index contributed by atoms with van der Waals surface area (Å²) in [5.74, 6) is 1.75. The van der Waals surface area contributed by atoms with Gasteiger partial charge in [0.2, 0.25) is 5.91 Å². The minimum absolute atomic E-state index is 0.129. The Labute approximate surface area is 166 Å². The Balaban J connectivity index is 1.47. The molecule has 1 aromatic heterocycles. The van der Waals surface area contributed by atoms with Gasteiger partial charge in [-0.05, 0) is 31.9 Å². The predicted molar refractivity (Wildman–Crippen MR) is 108 cm³/mol. The van der Waals surface area contributed by atoms with Crippen LogP contribution >= 0.6 is 0 Å². The minimum atomic E-state index is -0.416. The molecule has 4 heterocycles. The summed E-state index contributed by atoms with van der Waals surface area (Å²) in [5.41, 5.74) is 1.81. The normalized spacial score (nSPS) is 30.2. The van der Waals surface area contributed by atoms with E-state index in [1.165, 1.54) is 5.52 Å². The molecule has 6 nitrogen and oxygen atoms in total. The van der Waals surface area contributed by atoms with E-state index in [0.717, 1.165) is 30.9 Å². The topological polar surface area (TPSA) is 50.6 Å². The first-order valence-corrected chi connectivity index (χ1v) is 10.6. The van der Waals surface area contributed by atoms with Crippen molar-refractivity contribution in [2.45, 2.75) is 70.9 Å². The van der Waals surface area contributed by atoms with Crippen LogP contribution in [0.5, 0.6) is 0 Å². The number of hydrogen-bond donors (Lipinski definition) is 0. The highest BCUT2D eigenvalue weighted by atomic mass is 16.5. The summed E-state index contributed by atoms with van der Waals surface area (Å²) in [5, 5.41) is 0. The zero-order valence-corrected chi connectivity index (χ0v) is 17.3. The average Bonchev–Trinajstić information content (AvgIpc) is 3.35. The molecule has 5 rings (SSSR count). The highest BCUT2D eigenvalue weighted by Crippen LogP contribution is 2.49. The Hall–Kier alpha value is -1.92. The van der Waals surface area contributed by atoms with Gasteiger partial charge in [-0.25, -0.2) is 4.98 Å². The number of hydrogen-bond acceptors (Lipinski definition) is 4. The third-order valence-corrected chi connectivity index (χ3v) is 6.90. The van der Waals surface area contributed by atoms with Crippen LogP contribution in [-0.2, 0) is 16.1 Å². The van der Waals surface area contributed by atoms with E-state index in [1.54, 1.807) is 0 Å². The molecule has 0 bridgehead atoms. The highest BCUT2D eigenvalue weighted by molar-refractivity contribution is 5.82. The van der Waals surface area contributed by atoms with E-state index in [1.807, 2.05) is 6.07 Å². The summed E-state index contributed by atoms with van der Waals surface area (Å²) >= 11 is 0. The lowest BCUT2D eigenvalue weighted by Crippen LogP contribution is -2.50. The molecule has 1 amide bonds. The number of carbonyl (C=O) groups excluding carboxylic acids is 1. The van der Waals surface area contributed by atoms with Gasteiger partial charge in [0.25, 0.3) is 0 Å². The summed E-state index contributed by atoms with van der Waals surface area (Å²) in [6.45, 7) is 11.2. The molecule has 3 aliphatic rings. The third kappa shape index (κ3) is 2.40. The second-order valence-electron chi connectivity index (χ2n) is 9.15. The number of rotatable bonds is 4. The van der Waals surface area contributed by atoms with E-state index in [2.05, 4.69) is 60.3 Å². The van der Waals surface area contributed by atoms with Crippen LogP contribution in [0.1, 0.15) is 52.4 Å². The number of amides is 1. The lowest BCUT2D eigenvalue weighted by Gasteiger charge is -2.34. The van der Waals surface area contributed by atoms with Crippen molar-refractivity contribution in [3.8, 4) is 0 Å². The van der Waals surface area contributed by atoms with Crippen molar-refractivity contribution in [2.24, 2.45) is 5.92 Å². The van der Waals surface area contributed by atoms with Gasteiger partial charge in [-0.3, -0.25) is 9.69 Å². The molecule has 6 heteroatoms. The number of aromatic nitrogens is 2. The molecular weight excluding hydrogens is 352 g/mol. The molecule has 0 saturated carbocycles. The van der Waals surface area contributed by atoms with E-state index in [-0.39, 0.29) is 18.0 Å². The fraction of sp³-hybridized carbons (Fsp3) is 0.636. The maximum absolute atomic E-state index is 12.9. The van der Waals surface area contributed by atoms with Gasteiger partial charge in [-0.1, -0.05) is 26.0 Å². The summed E-state index contributed by atoms with van der Waals surface area (Å²) < 4.78 is 8.71. The summed E-state index contributed by atoms with van der Waals surface area (Å²) in [4.78, 5) is 22.4. The lowest BCUT2D eigenvalue weighted by molar-refractivity contribution is -0.139. The number of likely N-dealkylation sites (tertiary alicyclic amines) is 1. The fourth-order valence-electron chi connectivity index (χ4n) is 5.61. The first kappa shape index (κ1) is 18.1. The highest BCUT2D eigenvalue weighted by Gasteiger charge is 2.64. The summed E-state index contributed by atoms with van der Waals surface area (Å²) in [6.07, 6.45) is 1.46. The standard InChI is InChI=1S/C22H30N4O2/c1-14(2)18-13-28-22-9-10-24(19(22)11-21(27)26(18)22)12-20-23-16-7-5-6-8-17(16)25(20)15(3)4/h5-8,14-15,18-19H,9-13H2,1-4H3/t18-,19+,22-/m0/s1. The number of nitrogens with zero attached hydrogens (tertiary/aromatic N) is 4. The van der Waals surface area contributed by atoms with Gasteiger partial charge in [0.05, 0.1) is 36.3 Å². The van der Waals surface area contributed by atoms with Crippen molar-refractivity contribution in [3.63, 3.8) is 0 Å². The lowest BCUT2D eigenvalue weighted by atomic mass is 10.0. The van der Waals surface area contributed by atoms with E-state index >= 15 is 0 Å². The summed E-state index contributed by atoms with van der Waals surface area (Å²) in [6, 6.07) is 9.02. The number of fused-ring (bicyclic) bond motifs is 1. The molecule has 0 unspecified atom stereocenters. The van der Waals surface area contributed by atoms with Crippen LogP contribution in [0.15, 0.2) is 24.3 Å². The van der Waals surface area contributed by atoms with E-state index < -0.39 is 5.72 Å². The summed E-state index contributed by atoms with van der Waals surface area (Å²) in [7, 11) is 0. The second-order valence-corrected chi connectivity index (χ2v) is 9.15. The van der Waals surface area contributed by atoms with Crippen LogP contribution in [0, 0.1) is 5.92 Å². The smallest absolute Gasteiger partial charge is 0.226 e. The van der Waals surface area contributed by atoms with Crippen molar-refractivity contribution in [1.82, 2.24) is 19.4 Å². The number of imidazole rings is 1. The maximum atomic E-state index is 12.9. The van der Waals surface area contributed by atoms with Crippen LogP contribution < -0.4 is 0 Å². The number of benzene rings is 1. The number of ether oxygens (including phenoxy) is 1. The fourth-order valence-corrected chi connectivity index (χ4v) is 5.61. The Morgan fingerprint density at radius 1 is 1.25 bits per heavy atom. The van der Waals surface area contributed by atoms with Gasteiger partial charge in [-0.15, -0.1) is 0 Å². The van der Waals surface area contributed by atoms with Crippen molar-refractivity contribution in [3.05, 3.63) is 30.1 Å². The average molecular weight is 383 g/mol. The molecule has 1 aromatic carbocycles. The molecule has 0 N–H and O–H groups in total. The Kier molecular flexibility index (Phi) is 4.07. The first-order valence-electron chi connectivity index (χ1n) is 10.6. The van der Waals surface area contributed by atoms with Crippen molar-refractivity contribution in [1.29, 1.82) is 0 Å². The molecule has 150 valence electrons. The van der Waals surface area contributed by atoms with Crippen LogP contribution in [0.4, 0.5) is 0 Å². The maximum Gasteiger partial charge on any atom is 0.226 e. The van der Waals surface area contributed by atoms with Crippen molar-refractivity contribution < 1.29 is 9.53 Å². The van der Waals surface area contributed by atoms with E-state index in [4.69, 9.17) is 9.72 Å². The molecule has 3 saturated heterocycles. The van der Waals surface area contributed by atoms with Crippen LogP contribution in [0.2, 0.25) is 0 Å². The van der Waals surface area contributed by atoms with Crippen LogP contribution in [0.25, 0.3) is 11.0 Å². The molecule has 3 fully saturated rings. The minimum Gasteiger partial charge on any atom is -0.352 e. The molecule has 28 heavy (non-hydrogen) atoms. The Morgan fingerprint density at radius 3 is 2.79 bits per heavy atom. The van der Waals surface area contributed by atoms with E-state index in [0.29, 0.717) is 25.0 Å². The zero-order valence-electron chi connectivity index (χ0n) is 17.3. The van der Waals surface area contributed by atoms with Gasteiger partial charge in [0.15, 0.2) is 5.72 Å². The molecule has 0 aliphatic carbocycles. The molecule has 1 spiro atoms. The van der Waals surface area contributed by atoms with Gasteiger partial charge >= 0.3 is 0 Å². The molecule has 2 aromatic rings. The molecule has 0 radical (unpaired) electrons. The quantitative estimate of drug-likeness (QED) is 0.815. The Morgan fingerprint density at radius 2 is 2.04 bits per heavy atom. The van der Waals surface area contributed by atoms with E-state index in [9.17, 15) is 4.79 Å². The Bertz CT molecular complexity index is 920. The third-order valence-electron chi connectivity index (χ3n) is 6.90. The van der Waals surface area contributed by atoms with Crippen LogP contribution in [-0.4, -0.2) is 56.2 Å². The molecule has 3 atom stereocenters. The second kappa shape index (κ2) is 6.29. The largest absolute Gasteiger partial charge is 0.352 e. The zero-order chi connectivity index (χ0) is 19.6. The molecule has 3 aliphatic heterocycles.